The highest BCUT2D eigenvalue weighted by molar-refractivity contribution is 5.94. The van der Waals surface area contributed by atoms with Gasteiger partial charge in [-0.15, -0.1) is 0 Å². The highest BCUT2D eigenvalue weighted by atomic mass is 16.1. The molecule has 1 aliphatic heterocycles. The number of aromatic nitrogens is 2. The molecule has 6 heteroatoms. The van der Waals surface area contributed by atoms with Gasteiger partial charge in [0.2, 0.25) is 5.95 Å². The number of carbonyl (C=O) groups excluding carboxylic acids is 1. The molecule has 4 rings (SSSR count). The highest BCUT2D eigenvalue weighted by Gasteiger charge is 2.17. The number of piperidine rings is 1. The lowest BCUT2D eigenvalue weighted by Crippen LogP contribution is -2.39. The van der Waals surface area contributed by atoms with Crippen molar-refractivity contribution < 1.29 is 4.79 Å². The number of rotatable bonds is 8. The van der Waals surface area contributed by atoms with Crippen LogP contribution in [0.3, 0.4) is 0 Å². The summed E-state index contributed by atoms with van der Waals surface area (Å²) in [5.74, 6) is 0.696. The lowest BCUT2D eigenvalue weighted by atomic mass is 9.96. The van der Waals surface area contributed by atoms with Crippen molar-refractivity contribution in [2.45, 2.75) is 76.8 Å². The number of hydrogen-bond acceptors (Lipinski definition) is 5. The number of nitrogens with one attached hydrogen (secondary N) is 2. The summed E-state index contributed by atoms with van der Waals surface area (Å²) in [5.41, 5.74) is 2.67. The third kappa shape index (κ3) is 6.28. The van der Waals surface area contributed by atoms with E-state index in [1.165, 1.54) is 57.9 Å². The molecule has 2 N–H and O–H groups in total. The molecule has 1 amide bonds. The predicted molar refractivity (Wildman–Crippen MR) is 130 cm³/mol. The fourth-order valence-electron chi connectivity index (χ4n) is 4.87. The molecule has 0 bridgehead atoms. The lowest BCUT2D eigenvalue weighted by Gasteiger charge is -2.33. The van der Waals surface area contributed by atoms with Gasteiger partial charge >= 0.3 is 0 Å². The van der Waals surface area contributed by atoms with E-state index < -0.39 is 0 Å². The molecular formula is C26H37N5O. The molecule has 32 heavy (non-hydrogen) atoms. The largest absolute Gasteiger partial charge is 0.352 e. The van der Waals surface area contributed by atoms with Crippen molar-refractivity contribution in [3.8, 4) is 11.1 Å². The van der Waals surface area contributed by atoms with E-state index in [2.05, 4.69) is 32.4 Å². The Labute approximate surface area is 192 Å². The molecule has 2 fully saturated rings. The molecule has 172 valence electrons. The van der Waals surface area contributed by atoms with Crippen LogP contribution in [0.15, 0.2) is 36.7 Å². The molecule has 0 unspecified atom stereocenters. The number of carbonyl (C=O) groups is 1. The minimum atomic E-state index is -0.00785. The van der Waals surface area contributed by atoms with E-state index in [1.54, 1.807) is 0 Å². The summed E-state index contributed by atoms with van der Waals surface area (Å²) in [7, 11) is 0. The highest BCUT2D eigenvalue weighted by Crippen LogP contribution is 2.22. The van der Waals surface area contributed by atoms with Gasteiger partial charge in [-0.1, -0.05) is 37.8 Å². The molecule has 1 atom stereocenters. The smallest absolute Gasteiger partial charge is 0.251 e. The van der Waals surface area contributed by atoms with Crippen LogP contribution in [0.5, 0.6) is 0 Å². The molecule has 0 spiro atoms. The standard InChI is InChI=1S/C26H37N5O/c1-20-8-5-6-16-31(20)17-7-15-27-25(32)22-13-11-21(12-14-22)23-18-28-26(29-19-23)30-24-9-3-2-4-10-24/h11-14,18-20,24H,2-10,15-17H2,1H3,(H,27,32)(H,28,29,30)/t20-/m1/s1. The molecule has 1 saturated heterocycles. The van der Waals surface area contributed by atoms with Crippen LogP contribution < -0.4 is 10.6 Å². The van der Waals surface area contributed by atoms with Crippen LogP contribution >= 0.6 is 0 Å². The fourth-order valence-corrected chi connectivity index (χ4v) is 4.87. The molecule has 2 heterocycles. The fraction of sp³-hybridized carbons (Fsp3) is 0.577. The van der Waals surface area contributed by atoms with Crippen molar-refractivity contribution in [3.63, 3.8) is 0 Å². The van der Waals surface area contributed by atoms with Gasteiger partial charge in [0.25, 0.3) is 5.91 Å². The molecule has 6 nitrogen and oxygen atoms in total. The van der Waals surface area contributed by atoms with Crippen molar-refractivity contribution >= 4 is 11.9 Å². The molecule has 2 aliphatic rings. The van der Waals surface area contributed by atoms with E-state index in [1.807, 2.05) is 36.7 Å². The van der Waals surface area contributed by atoms with Crippen LogP contribution in [-0.2, 0) is 0 Å². The third-order valence-electron chi connectivity index (χ3n) is 6.92. The minimum absolute atomic E-state index is 0.00785. The van der Waals surface area contributed by atoms with Crippen molar-refractivity contribution in [2.24, 2.45) is 0 Å². The Morgan fingerprint density at radius 1 is 0.969 bits per heavy atom. The van der Waals surface area contributed by atoms with Crippen molar-refractivity contribution in [3.05, 3.63) is 42.2 Å². The van der Waals surface area contributed by atoms with E-state index >= 15 is 0 Å². The second-order valence-electron chi connectivity index (χ2n) is 9.34. The predicted octanol–water partition coefficient (Wildman–Crippen LogP) is 4.88. The van der Waals surface area contributed by atoms with Crippen molar-refractivity contribution in [1.82, 2.24) is 20.2 Å². The number of likely N-dealkylation sites (tertiary alicyclic amines) is 1. The quantitative estimate of drug-likeness (QED) is 0.578. The van der Waals surface area contributed by atoms with E-state index in [-0.39, 0.29) is 5.91 Å². The SMILES string of the molecule is C[C@@H]1CCCCN1CCCNC(=O)c1ccc(-c2cnc(NC3CCCCC3)nc2)cc1. The Hall–Kier alpha value is -2.47. The Bertz CT molecular complexity index is 846. The maximum absolute atomic E-state index is 12.5. The first-order valence-electron chi connectivity index (χ1n) is 12.4. The van der Waals surface area contributed by atoms with Gasteiger partial charge in [0.15, 0.2) is 0 Å². The summed E-state index contributed by atoms with van der Waals surface area (Å²) >= 11 is 0. The number of anilines is 1. The number of benzene rings is 1. The topological polar surface area (TPSA) is 70.2 Å². The molecule has 1 saturated carbocycles. The molecule has 2 aromatic rings. The second-order valence-corrected chi connectivity index (χ2v) is 9.34. The number of nitrogens with zero attached hydrogens (tertiary/aromatic N) is 3. The Morgan fingerprint density at radius 3 is 2.41 bits per heavy atom. The zero-order valence-corrected chi connectivity index (χ0v) is 19.4. The summed E-state index contributed by atoms with van der Waals surface area (Å²) in [6.45, 7) is 5.28. The number of amides is 1. The summed E-state index contributed by atoms with van der Waals surface area (Å²) in [6, 6.07) is 8.87. The monoisotopic (exact) mass is 435 g/mol. The molecule has 0 radical (unpaired) electrons. The molecule has 1 aromatic carbocycles. The molecule has 1 aromatic heterocycles. The summed E-state index contributed by atoms with van der Waals surface area (Å²) in [4.78, 5) is 24.0. The van der Waals surface area contributed by atoms with Crippen LogP contribution in [0.2, 0.25) is 0 Å². The van der Waals surface area contributed by atoms with E-state index in [4.69, 9.17) is 0 Å². The Balaban J connectivity index is 1.23. The van der Waals surface area contributed by atoms with Gasteiger partial charge < -0.3 is 15.5 Å². The average Bonchev–Trinajstić information content (AvgIpc) is 2.84. The second kappa shape index (κ2) is 11.4. The first kappa shape index (κ1) is 22.7. The maximum Gasteiger partial charge on any atom is 0.251 e. The van der Waals surface area contributed by atoms with Crippen LogP contribution in [0, 0.1) is 0 Å². The van der Waals surface area contributed by atoms with Gasteiger partial charge in [-0.25, -0.2) is 9.97 Å². The normalized spacial score (nSPS) is 20.1. The van der Waals surface area contributed by atoms with Gasteiger partial charge in [-0.2, -0.15) is 0 Å². The van der Waals surface area contributed by atoms with E-state index in [0.29, 0.717) is 30.1 Å². The minimum Gasteiger partial charge on any atom is -0.352 e. The first-order chi connectivity index (χ1) is 15.7. The third-order valence-corrected chi connectivity index (χ3v) is 6.92. The van der Waals surface area contributed by atoms with Gasteiger partial charge in [0.1, 0.15) is 0 Å². The lowest BCUT2D eigenvalue weighted by molar-refractivity contribution is 0.0949. The Morgan fingerprint density at radius 2 is 1.69 bits per heavy atom. The maximum atomic E-state index is 12.5. The van der Waals surface area contributed by atoms with Crippen molar-refractivity contribution in [2.75, 3.05) is 25.0 Å². The molecule has 1 aliphatic carbocycles. The van der Waals surface area contributed by atoms with E-state index in [9.17, 15) is 4.79 Å². The van der Waals surface area contributed by atoms with Crippen molar-refractivity contribution in [1.29, 1.82) is 0 Å². The van der Waals surface area contributed by atoms with Crippen LogP contribution in [0.25, 0.3) is 11.1 Å². The van der Waals surface area contributed by atoms with Gasteiger partial charge in [-0.3, -0.25) is 4.79 Å². The summed E-state index contributed by atoms with van der Waals surface area (Å²) < 4.78 is 0. The average molecular weight is 436 g/mol. The Kier molecular flexibility index (Phi) is 8.10. The zero-order chi connectivity index (χ0) is 22.2. The first-order valence-corrected chi connectivity index (χ1v) is 12.4. The summed E-state index contributed by atoms with van der Waals surface area (Å²) in [5, 5.41) is 6.51. The van der Waals surface area contributed by atoms with Crippen LogP contribution in [0.1, 0.15) is 75.1 Å². The van der Waals surface area contributed by atoms with E-state index in [0.717, 1.165) is 24.1 Å². The zero-order valence-electron chi connectivity index (χ0n) is 19.4. The van der Waals surface area contributed by atoms with Gasteiger partial charge in [0.05, 0.1) is 0 Å². The van der Waals surface area contributed by atoms with Crippen LogP contribution in [-0.4, -0.2) is 52.5 Å². The van der Waals surface area contributed by atoms with Crippen LogP contribution in [0.4, 0.5) is 5.95 Å². The molecular weight excluding hydrogens is 398 g/mol. The van der Waals surface area contributed by atoms with Gasteiger partial charge in [0, 0.05) is 48.7 Å². The summed E-state index contributed by atoms with van der Waals surface area (Å²) in [6.07, 6.45) is 15.0. The number of hydrogen-bond donors (Lipinski definition) is 2. The van der Waals surface area contributed by atoms with Gasteiger partial charge in [-0.05, 0) is 63.3 Å².